The highest BCUT2D eigenvalue weighted by molar-refractivity contribution is 7.89. The van der Waals surface area contributed by atoms with Crippen molar-refractivity contribution in [3.63, 3.8) is 0 Å². The summed E-state index contributed by atoms with van der Waals surface area (Å²) in [4.78, 5) is 12.4. The van der Waals surface area contributed by atoms with Gasteiger partial charge in [0.2, 0.25) is 10.0 Å². The molecule has 0 bridgehead atoms. The number of benzene rings is 3. The van der Waals surface area contributed by atoms with E-state index in [1.807, 2.05) is 57.2 Å². The van der Waals surface area contributed by atoms with Gasteiger partial charge < -0.3 is 5.32 Å². The Labute approximate surface area is 176 Å². The zero-order chi connectivity index (χ0) is 21.9. The summed E-state index contributed by atoms with van der Waals surface area (Å²) < 4.78 is 42.1. The second kappa shape index (κ2) is 8.77. The number of hydrogen-bond acceptors (Lipinski definition) is 3. The van der Waals surface area contributed by atoms with E-state index in [-0.39, 0.29) is 17.0 Å². The summed E-state index contributed by atoms with van der Waals surface area (Å²) in [6, 6.07) is 16.1. The summed E-state index contributed by atoms with van der Waals surface area (Å²) >= 11 is 0. The lowest BCUT2D eigenvalue weighted by Gasteiger charge is -2.12. The van der Waals surface area contributed by atoms with Crippen LogP contribution in [-0.4, -0.2) is 14.3 Å². The molecule has 0 aliphatic rings. The summed E-state index contributed by atoms with van der Waals surface area (Å²) in [6.07, 6.45) is 0. The second-order valence-corrected chi connectivity index (χ2v) is 8.99. The molecule has 0 fully saturated rings. The molecule has 0 aliphatic heterocycles. The standard InChI is InChI=1S/C23H23FN2O3S/c1-15-5-8-18(9-6-15)14-25-30(28,29)19-10-11-21(24)20(13-19)23(27)26-22-12-16(2)4-7-17(22)3/h4-13,25H,14H2,1-3H3,(H,26,27). The topological polar surface area (TPSA) is 75.3 Å². The lowest BCUT2D eigenvalue weighted by atomic mass is 10.1. The van der Waals surface area contributed by atoms with E-state index in [2.05, 4.69) is 10.0 Å². The van der Waals surface area contributed by atoms with Crippen molar-refractivity contribution in [1.29, 1.82) is 0 Å². The van der Waals surface area contributed by atoms with Crippen molar-refractivity contribution in [1.82, 2.24) is 4.72 Å². The summed E-state index contributed by atoms with van der Waals surface area (Å²) in [5, 5.41) is 2.66. The van der Waals surface area contributed by atoms with Gasteiger partial charge in [-0.2, -0.15) is 0 Å². The molecular formula is C23H23FN2O3S. The lowest BCUT2D eigenvalue weighted by Crippen LogP contribution is -2.24. The van der Waals surface area contributed by atoms with Crippen LogP contribution in [0.3, 0.4) is 0 Å². The smallest absolute Gasteiger partial charge is 0.258 e. The molecule has 0 radical (unpaired) electrons. The molecule has 156 valence electrons. The third-order valence-electron chi connectivity index (χ3n) is 4.72. The average molecular weight is 427 g/mol. The van der Waals surface area contributed by atoms with Crippen molar-refractivity contribution in [2.24, 2.45) is 0 Å². The molecule has 0 saturated heterocycles. The van der Waals surface area contributed by atoms with Gasteiger partial charge in [-0.05, 0) is 61.7 Å². The Morgan fingerprint density at radius 2 is 1.57 bits per heavy atom. The van der Waals surface area contributed by atoms with Gasteiger partial charge in [0, 0.05) is 12.2 Å². The van der Waals surface area contributed by atoms with Crippen molar-refractivity contribution in [2.45, 2.75) is 32.2 Å². The predicted molar refractivity (Wildman–Crippen MR) is 115 cm³/mol. The third-order valence-corrected chi connectivity index (χ3v) is 6.12. The first-order chi connectivity index (χ1) is 14.2. The molecule has 0 saturated carbocycles. The van der Waals surface area contributed by atoms with E-state index in [1.54, 1.807) is 6.07 Å². The van der Waals surface area contributed by atoms with Crippen molar-refractivity contribution >= 4 is 21.6 Å². The Balaban J connectivity index is 1.81. The molecule has 30 heavy (non-hydrogen) atoms. The highest BCUT2D eigenvalue weighted by Crippen LogP contribution is 2.20. The van der Waals surface area contributed by atoms with Gasteiger partial charge in [0.15, 0.2) is 0 Å². The van der Waals surface area contributed by atoms with Crippen LogP contribution in [-0.2, 0) is 16.6 Å². The Kier molecular flexibility index (Phi) is 6.34. The van der Waals surface area contributed by atoms with Crippen LogP contribution in [0.4, 0.5) is 10.1 Å². The highest BCUT2D eigenvalue weighted by Gasteiger charge is 2.20. The minimum atomic E-state index is -3.93. The number of aryl methyl sites for hydroxylation is 3. The Morgan fingerprint density at radius 3 is 2.27 bits per heavy atom. The number of halogens is 1. The molecule has 0 spiro atoms. The van der Waals surface area contributed by atoms with E-state index in [0.29, 0.717) is 5.69 Å². The molecular weight excluding hydrogens is 403 g/mol. The number of hydrogen-bond donors (Lipinski definition) is 2. The SMILES string of the molecule is Cc1ccc(CNS(=O)(=O)c2ccc(F)c(C(=O)Nc3cc(C)ccc3C)c2)cc1. The van der Waals surface area contributed by atoms with Crippen LogP contribution < -0.4 is 10.0 Å². The normalized spacial score (nSPS) is 11.3. The molecule has 3 rings (SSSR count). The van der Waals surface area contributed by atoms with E-state index in [0.717, 1.165) is 40.5 Å². The van der Waals surface area contributed by atoms with Crippen LogP contribution in [0.2, 0.25) is 0 Å². The monoisotopic (exact) mass is 426 g/mol. The fraction of sp³-hybridized carbons (Fsp3) is 0.174. The van der Waals surface area contributed by atoms with Gasteiger partial charge in [-0.1, -0.05) is 42.0 Å². The van der Waals surface area contributed by atoms with Crippen LogP contribution in [0.25, 0.3) is 0 Å². The van der Waals surface area contributed by atoms with Gasteiger partial charge in [-0.25, -0.2) is 17.5 Å². The van der Waals surface area contributed by atoms with Crippen molar-refractivity contribution in [3.05, 3.63) is 94.3 Å². The quantitative estimate of drug-likeness (QED) is 0.610. The van der Waals surface area contributed by atoms with Crippen LogP contribution in [0.1, 0.15) is 32.6 Å². The molecule has 0 aromatic heterocycles. The van der Waals surface area contributed by atoms with E-state index < -0.39 is 21.7 Å². The maximum atomic E-state index is 14.3. The largest absolute Gasteiger partial charge is 0.322 e. The van der Waals surface area contributed by atoms with Crippen molar-refractivity contribution < 1.29 is 17.6 Å². The van der Waals surface area contributed by atoms with Gasteiger partial charge in [0.25, 0.3) is 5.91 Å². The van der Waals surface area contributed by atoms with Crippen molar-refractivity contribution in [3.8, 4) is 0 Å². The van der Waals surface area contributed by atoms with Gasteiger partial charge in [0.1, 0.15) is 5.82 Å². The Morgan fingerprint density at radius 1 is 0.900 bits per heavy atom. The molecule has 0 unspecified atom stereocenters. The minimum Gasteiger partial charge on any atom is -0.322 e. The molecule has 2 N–H and O–H groups in total. The fourth-order valence-corrected chi connectivity index (χ4v) is 3.92. The lowest BCUT2D eigenvalue weighted by molar-refractivity contribution is 0.102. The third kappa shape index (κ3) is 5.11. The zero-order valence-electron chi connectivity index (χ0n) is 17.0. The van der Waals surface area contributed by atoms with E-state index in [9.17, 15) is 17.6 Å². The molecule has 3 aromatic rings. The molecule has 0 aliphatic carbocycles. The summed E-state index contributed by atoms with van der Waals surface area (Å²) in [7, 11) is -3.93. The number of nitrogens with one attached hydrogen (secondary N) is 2. The first-order valence-corrected chi connectivity index (χ1v) is 10.9. The van der Waals surface area contributed by atoms with Crippen LogP contribution in [0.15, 0.2) is 65.6 Å². The summed E-state index contributed by atoms with van der Waals surface area (Å²) in [5.74, 6) is -1.51. The minimum absolute atomic E-state index is 0.0873. The summed E-state index contributed by atoms with van der Waals surface area (Å²) in [5.41, 5.74) is 3.82. The molecule has 1 amide bonds. The fourth-order valence-electron chi connectivity index (χ4n) is 2.87. The van der Waals surface area contributed by atoms with E-state index >= 15 is 0 Å². The molecule has 5 nitrogen and oxygen atoms in total. The van der Waals surface area contributed by atoms with E-state index in [4.69, 9.17) is 0 Å². The number of carbonyl (C=O) groups is 1. The predicted octanol–water partition coefficient (Wildman–Crippen LogP) is 4.48. The maximum absolute atomic E-state index is 14.3. The number of sulfonamides is 1. The first-order valence-electron chi connectivity index (χ1n) is 9.39. The Bertz CT molecular complexity index is 1190. The van der Waals surface area contributed by atoms with Crippen LogP contribution in [0, 0.1) is 26.6 Å². The second-order valence-electron chi connectivity index (χ2n) is 7.22. The van der Waals surface area contributed by atoms with Crippen molar-refractivity contribution in [2.75, 3.05) is 5.32 Å². The number of amides is 1. The molecule has 0 heterocycles. The van der Waals surface area contributed by atoms with Crippen LogP contribution in [0.5, 0.6) is 0 Å². The molecule has 3 aromatic carbocycles. The number of carbonyl (C=O) groups excluding carboxylic acids is 1. The maximum Gasteiger partial charge on any atom is 0.258 e. The highest BCUT2D eigenvalue weighted by atomic mass is 32.2. The van der Waals surface area contributed by atoms with Crippen LogP contribution >= 0.6 is 0 Å². The zero-order valence-corrected chi connectivity index (χ0v) is 17.8. The van der Waals surface area contributed by atoms with Gasteiger partial charge >= 0.3 is 0 Å². The van der Waals surface area contributed by atoms with Gasteiger partial charge in [0.05, 0.1) is 10.5 Å². The van der Waals surface area contributed by atoms with Gasteiger partial charge in [-0.15, -0.1) is 0 Å². The number of anilines is 1. The number of rotatable bonds is 6. The summed E-state index contributed by atoms with van der Waals surface area (Å²) in [6.45, 7) is 5.73. The molecule has 7 heteroatoms. The first kappa shape index (κ1) is 21.7. The molecule has 0 atom stereocenters. The average Bonchev–Trinajstić information content (AvgIpc) is 2.70. The van der Waals surface area contributed by atoms with Gasteiger partial charge in [-0.3, -0.25) is 4.79 Å². The van der Waals surface area contributed by atoms with E-state index in [1.165, 1.54) is 0 Å². The Hall–Kier alpha value is -3.03.